The highest BCUT2D eigenvalue weighted by Crippen LogP contribution is 2.65. The first-order chi connectivity index (χ1) is 21.1. The van der Waals surface area contributed by atoms with E-state index in [9.17, 15) is 20.2 Å². The number of nitrogens with zero attached hydrogens (tertiary/aromatic N) is 2. The molecule has 7 nitrogen and oxygen atoms in total. The van der Waals surface area contributed by atoms with E-state index in [4.69, 9.17) is 4.74 Å². The quantitative estimate of drug-likeness (QED) is 0.150. The SMILES string of the molecule is CC(C)(C)c1ccc2c(c1)C1(c3cc([N+](=O)[O-])ccc3-2)c2ccc3ccccc3c2Oc2c1cc([N+](=O)[O-])c1ccccc21. The fourth-order valence-corrected chi connectivity index (χ4v) is 7.24. The molecule has 0 fully saturated rings. The largest absolute Gasteiger partial charge is 0.455 e. The summed E-state index contributed by atoms with van der Waals surface area (Å²) < 4.78 is 6.87. The van der Waals surface area contributed by atoms with E-state index in [1.54, 1.807) is 24.3 Å². The third-order valence-corrected chi connectivity index (χ3v) is 9.26. The summed E-state index contributed by atoms with van der Waals surface area (Å²) in [5.74, 6) is 1.16. The summed E-state index contributed by atoms with van der Waals surface area (Å²) in [6.07, 6.45) is 0. The van der Waals surface area contributed by atoms with Gasteiger partial charge in [0.15, 0.2) is 0 Å². The maximum atomic E-state index is 12.6. The molecule has 0 saturated heterocycles. The van der Waals surface area contributed by atoms with Crippen molar-refractivity contribution < 1.29 is 14.6 Å². The van der Waals surface area contributed by atoms with Crippen molar-refractivity contribution in [3.63, 3.8) is 0 Å². The van der Waals surface area contributed by atoms with Crippen molar-refractivity contribution in [1.82, 2.24) is 0 Å². The minimum atomic E-state index is -1.13. The highest BCUT2D eigenvalue weighted by atomic mass is 16.6. The molecular weight excluding hydrogens is 552 g/mol. The maximum Gasteiger partial charge on any atom is 0.277 e. The molecule has 6 aromatic rings. The molecule has 0 N–H and O–H groups in total. The van der Waals surface area contributed by atoms with Gasteiger partial charge in [-0.25, -0.2) is 0 Å². The van der Waals surface area contributed by atoms with Crippen molar-refractivity contribution in [2.24, 2.45) is 0 Å². The van der Waals surface area contributed by atoms with Gasteiger partial charge in [-0.2, -0.15) is 0 Å². The van der Waals surface area contributed by atoms with Crippen LogP contribution in [-0.4, -0.2) is 9.85 Å². The molecule has 0 amide bonds. The number of hydrogen-bond donors (Lipinski definition) is 0. The van der Waals surface area contributed by atoms with Gasteiger partial charge in [0.05, 0.1) is 20.6 Å². The first-order valence-electron chi connectivity index (χ1n) is 14.5. The monoisotopic (exact) mass is 578 g/mol. The lowest BCUT2D eigenvalue weighted by atomic mass is 9.64. The second kappa shape index (κ2) is 8.74. The average molecular weight is 579 g/mol. The number of benzene rings is 6. The lowest BCUT2D eigenvalue weighted by Crippen LogP contribution is -2.33. The van der Waals surface area contributed by atoms with Gasteiger partial charge >= 0.3 is 0 Å². The molecule has 44 heavy (non-hydrogen) atoms. The molecule has 1 heterocycles. The Hall–Kier alpha value is -5.56. The van der Waals surface area contributed by atoms with Crippen LogP contribution in [0, 0.1) is 20.2 Å². The molecule has 1 spiro atoms. The van der Waals surface area contributed by atoms with Crippen molar-refractivity contribution in [3.05, 3.63) is 151 Å². The minimum Gasteiger partial charge on any atom is -0.455 e. The van der Waals surface area contributed by atoms with Gasteiger partial charge in [-0.05, 0) is 50.8 Å². The zero-order valence-corrected chi connectivity index (χ0v) is 24.3. The van der Waals surface area contributed by atoms with Crippen LogP contribution in [0.25, 0.3) is 32.7 Å². The molecule has 8 rings (SSSR count). The Bertz CT molecular complexity index is 2270. The number of fused-ring (bicyclic) bond motifs is 13. The van der Waals surface area contributed by atoms with Crippen molar-refractivity contribution in [1.29, 1.82) is 0 Å². The number of hydrogen-bond acceptors (Lipinski definition) is 5. The summed E-state index contributed by atoms with van der Waals surface area (Å²) in [6, 6.07) is 32.2. The van der Waals surface area contributed by atoms with E-state index >= 15 is 0 Å². The van der Waals surface area contributed by atoms with Crippen molar-refractivity contribution in [3.8, 4) is 22.6 Å². The third kappa shape index (κ3) is 3.32. The Morgan fingerprint density at radius 3 is 1.95 bits per heavy atom. The van der Waals surface area contributed by atoms with Gasteiger partial charge < -0.3 is 4.74 Å². The predicted octanol–water partition coefficient (Wildman–Crippen LogP) is 9.58. The molecule has 214 valence electrons. The average Bonchev–Trinajstić information content (AvgIpc) is 3.30. The van der Waals surface area contributed by atoms with Crippen LogP contribution in [0.15, 0.2) is 103 Å². The van der Waals surface area contributed by atoms with Crippen LogP contribution in [0.5, 0.6) is 11.5 Å². The maximum absolute atomic E-state index is 12.6. The second-order valence-electron chi connectivity index (χ2n) is 12.6. The minimum absolute atomic E-state index is 0.0426. The van der Waals surface area contributed by atoms with E-state index < -0.39 is 5.41 Å². The molecule has 0 aromatic heterocycles. The van der Waals surface area contributed by atoms with E-state index in [2.05, 4.69) is 39.0 Å². The molecule has 0 saturated carbocycles. The third-order valence-electron chi connectivity index (χ3n) is 9.26. The molecule has 0 bridgehead atoms. The van der Waals surface area contributed by atoms with Crippen molar-refractivity contribution in [2.45, 2.75) is 31.6 Å². The smallest absolute Gasteiger partial charge is 0.277 e. The molecule has 1 atom stereocenters. The van der Waals surface area contributed by atoms with E-state index in [1.165, 1.54) is 6.07 Å². The summed E-state index contributed by atoms with van der Waals surface area (Å²) in [4.78, 5) is 24.1. The lowest BCUT2D eigenvalue weighted by molar-refractivity contribution is -0.384. The van der Waals surface area contributed by atoms with Gasteiger partial charge in [-0.3, -0.25) is 20.2 Å². The number of ether oxygens (including phenoxy) is 1. The van der Waals surface area contributed by atoms with E-state index in [-0.39, 0.29) is 26.6 Å². The number of nitro groups is 2. The van der Waals surface area contributed by atoms with Gasteiger partial charge in [0.1, 0.15) is 11.5 Å². The predicted molar refractivity (Wildman–Crippen MR) is 171 cm³/mol. The number of non-ortho nitro benzene ring substituents is 2. The zero-order valence-electron chi connectivity index (χ0n) is 24.3. The van der Waals surface area contributed by atoms with E-state index in [0.717, 1.165) is 38.6 Å². The van der Waals surface area contributed by atoms with Crippen LogP contribution in [0.1, 0.15) is 48.6 Å². The fourth-order valence-electron chi connectivity index (χ4n) is 7.24. The van der Waals surface area contributed by atoms with Gasteiger partial charge in [0.25, 0.3) is 11.4 Å². The number of rotatable bonds is 2. The molecule has 6 aromatic carbocycles. The molecule has 1 unspecified atom stereocenters. The summed E-state index contributed by atoms with van der Waals surface area (Å²) in [5, 5.41) is 27.8. The lowest BCUT2D eigenvalue weighted by Gasteiger charge is -2.40. The van der Waals surface area contributed by atoms with E-state index in [0.29, 0.717) is 33.4 Å². The fraction of sp³-hybridized carbons (Fsp3) is 0.135. The topological polar surface area (TPSA) is 95.5 Å². The first kappa shape index (κ1) is 26.1. The molecule has 0 radical (unpaired) electrons. The Balaban J connectivity index is 1.65. The molecule has 1 aliphatic heterocycles. The van der Waals surface area contributed by atoms with Crippen molar-refractivity contribution in [2.75, 3.05) is 0 Å². The van der Waals surface area contributed by atoms with Crippen LogP contribution in [0.3, 0.4) is 0 Å². The van der Waals surface area contributed by atoms with Crippen LogP contribution >= 0.6 is 0 Å². The summed E-state index contributed by atoms with van der Waals surface area (Å²) in [5.41, 5.74) is 4.48. The molecular formula is C37H26N2O5. The van der Waals surface area contributed by atoms with Gasteiger partial charge in [0, 0.05) is 40.1 Å². The van der Waals surface area contributed by atoms with Gasteiger partial charge in [-0.1, -0.05) is 93.6 Å². The highest BCUT2D eigenvalue weighted by molar-refractivity contribution is 6.02. The normalized spacial score (nSPS) is 16.2. The molecule has 1 aliphatic carbocycles. The molecule has 2 aliphatic rings. The summed E-state index contributed by atoms with van der Waals surface area (Å²) in [6.45, 7) is 6.43. The standard InChI is InChI=1S/C37H26N2O5/c1-36(2,3)22-13-15-25-26-16-14-23(38(40)41)19-31(26)37(30(25)18-22)29-17-12-21-8-4-5-9-24(21)34(29)44-35-28-11-7-6-10-27(28)33(39(42)43)20-32(35)37/h4-20H,1-3H3. The Kier molecular flexibility index (Phi) is 5.18. The van der Waals surface area contributed by atoms with Crippen molar-refractivity contribution >= 4 is 32.9 Å². The Morgan fingerprint density at radius 2 is 1.25 bits per heavy atom. The zero-order chi connectivity index (χ0) is 30.5. The second-order valence-corrected chi connectivity index (χ2v) is 12.6. The van der Waals surface area contributed by atoms with Gasteiger partial charge in [-0.15, -0.1) is 0 Å². The molecule has 7 heteroatoms. The van der Waals surface area contributed by atoms with Crippen LogP contribution < -0.4 is 4.74 Å². The number of nitro benzene ring substituents is 2. The van der Waals surface area contributed by atoms with Crippen LogP contribution in [0.2, 0.25) is 0 Å². The van der Waals surface area contributed by atoms with Gasteiger partial charge in [0.2, 0.25) is 0 Å². The summed E-state index contributed by atoms with van der Waals surface area (Å²) >= 11 is 0. The Labute approximate surface area is 252 Å². The first-order valence-corrected chi connectivity index (χ1v) is 14.5. The van der Waals surface area contributed by atoms with Crippen LogP contribution in [-0.2, 0) is 10.8 Å². The highest BCUT2D eigenvalue weighted by Gasteiger charge is 2.53. The Morgan fingerprint density at radius 1 is 0.614 bits per heavy atom. The summed E-state index contributed by atoms with van der Waals surface area (Å²) in [7, 11) is 0. The van der Waals surface area contributed by atoms with Crippen LogP contribution in [0.4, 0.5) is 11.4 Å². The van der Waals surface area contributed by atoms with E-state index in [1.807, 2.05) is 54.6 Å².